The van der Waals surface area contributed by atoms with Crippen LogP contribution in [0.2, 0.25) is 5.02 Å². The molecular weight excluding hydrogens is 455 g/mol. The number of benzene rings is 3. The lowest BCUT2D eigenvalue weighted by Crippen LogP contribution is -2.38. The molecule has 2 atom stereocenters. The molecule has 0 aliphatic rings. The quantitative estimate of drug-likeness (QED) is 0.361. The highest BCUT2D eigenvalue weighted by Gasteiger charge is 2.19. The summed E-state index contributed by atoms with van der Waals surface area (Å²) >= 11 is 6.02. The van der Waals surface area contributed by atoms with Gasteiger partial charge in [0.1, 0.15) is 11.9 Å². The van der Waals surface area contributed by atoms with Crippen molar-refractivity contribution in [2.24, 2.45) is 0 Å². The van der Waals surface area contributed by atoms with Gasteiger partial charge in [-0.2, -0.15) is 0 Å². The van der Waals surface area contributed by atoms with Crippen molar-refractivity contribution < 1.29 is 19.1 Å². The summed E-state index contributed by atoms with van der Waals surface area (Å²) in [5.74, 6) is -1.86. The lowest BCUT2D eigenvalue weighted by molar-refractivity contribution is -0.138. The van der Waals surface area contributed by atoms with Gasteiger partial charge in [0.15, 0.2) is 0 Å². The lowest BCUT2D eigenvalue weighted by Gasteiger charge is -2.19. The molecule has 178 valence electrons. The zero-order chi connectivity index (χ0) is 25.2. The number of carboxylic acids is 1. The van der Waals surface area contributed by atoms with Crippen LogP contribution in [-0.2, 0) is 4.79 Å². The van der Waals surface area contributed by atoms with E-state index in [2.05, 4.69) is 10.6 Å². The smallest absolute Gasteiger partial charge is 0.325 e. The molecule has 0 fully saturated rings. The number of carbonyl (C=O) groups excluding carboxylic acids is 1. The first-order valence-corrected chi connectivity index (χ1v) is 11.3. The number of aliphatic carboxylic acids is 1. The minimum atomic E-state index is -1.09. The molecule has 5 nitrogen and oxygen atoms in total. The van der Waals surface area contributed by atoms with Crippen molar-refractivity contribution in [3.63, 3.8) is 0 Å². The van der Waals surface area contributed by atoms with Crippen molar-refractivity contribution in [3.05, 3.63) is 87.2 Å². The van der Waals surface area contributed by atoms with Crippen molar-refractivity contribution in [1.82, 2.24) is 5.32 Å². The Morgan fingerprint density at radius 1 is 0.941 bits per heavy atom. The first kappa shape index (κ1) is 25.2. The van der Waals surface area contributed by atoms with E-state index in [9.17, 15) is 14.0 Å². The summed E-state index contributed by atoms with van der Waals surface area (Å²) in [5.41, 5.74) is 5.98. The number of nitrogens with one attached hydrogen (secondary N) is 2. The first-order valence-electron chi connectivity index (χ1n) is 10.9. The van der Waals surface area contributed by atoms with Crippen LogP contribution in [0.3, 0.4) is 0 Å². The number of carboxylic acid groups (broad SMARTS) is 1. The topological polar surface area (TPSA) is 78.4 Å². The zero-order valence-electron chi connectivity index (χ0n) is 19.8. The van der Waals surface area contributed by atoms with Gasteiger partial charge in [0.25, 0.3) is 5.91 Å². The Kier molecular flexibility index (Phi) is 7.62. The summed E-state index contributed by atoms with van der Waals surface area (Å²) in [6.07, 6.45) is 0. The molecule has 0 aromatic heterocycles. The number of aryl methyl sites for hydroxylation is 3. The maximum absolute atomic E-state index is 14.5. The molecule has 0 aliphatic heterocycles. The van der Waals surface area contributed by atoms with Crippen molar-refractivity contribution >= 4 is 29.2 Å². The number of hydrogen-bond acceptors (Lipinski definition) is 3. The fraction of sp³-hybridized carbons (Fsp3) is 0.259. The molecule has 2 unspecified atom stereocenters. The second kappa shape index (κ2) is 10.3. The third-order valence-electron chi connectivity index (χ3n) is 5.80. The molecule has 1 amide bonds. The van der Waals surface area contributed by atoms with Gasteiger partial charge in [0.2, 0.25) is 0 Å². The van der Waals surface area contributed by atoms with Crippen LogP contribution >= 0.6 is 11.6 Å². The summed E-state index contributed by atoms with van der Waals surface area (Å²) in [6, 6.07) is 13.4. The molecular formula is C27H28ClFN2O3. The molecule has 3 aromatic rings. The van der Waals surface area contributed by atoms with Crippen molar-refractivity contribution in [2.75, 3.05) is 5.32 Å². The monoisotopic (exact) mass is 482 g/mol. The minimum absolute atomic E-state index is 0.281. The Morgan fingerprint density at radius 3 is 2.21 bits per heavy atom. The van der Waals surface area contributed by atoms with E-state index in [1.165, 1.54) is 13.0 Å². The van der Waals surface area contributed by atoms with Crippen LogP contribution in [0.5, 0.6) is 0 Å². The summed E-state index contributed by atoms with van der Waals surface area (Å²) in [5, 5.41) is 15.3. The van der Waals surface area contributed by atoms with Crippen LogP contribution < -0.4 is 10.6 Å². The maximum atomic E-state index is 14.5. The third kappa shape index (κ3) is 5.57. The molecule has 3 rings (SSSR count). The van der Waals surface area contributed by atoms with E-state index in [0.29, 0.717) is 16.1 Å². The van der Waals surface area contributed by atoms with Gasteiger partial charge in [-0.15, -0.1) is 0 Å². The van der Waals surface area contributed by atoms with Gasteiger partial charge in [0.05, 0.1) is 6.04 Å². The zero-order valence-corrected chi connectivity index (χ0v) is 20.5. The number of anilines is 1. The number of carbonyl (C=O) groups is 2. The van der Waals surface area contributed by atoms with E-state index >= 15 is 0 Å². The Bertz CT molecular complexity index is 1240. The van der Waals surface area contributed by atoms with Crippen LogP contribution in [0.15, 0.2) is 48.5 Å². The van der Waals surface area contributed by atoms with Gasteiger partial charge in [-0.25, -0.2) is 4.39 Å². The molecule has 0 aliphatic carbocycles. The van der Waals surface area contributed by atoms with E-state index in [1.807, 2.05) is 64.1 Å². The average Bonchev–Trinajstić information content (AvgIpc) is 2.75. The highest BCUT2D eigenvalue weighted by atomic mass is 35.5. The molecule has 3 N–H and O–H groups in total. The summed E-state index contributed by atoms with van der Waals surface area (Å²) in [6.45, 7) is 8.81. The van der Waals surface area contributed by atoms with Crippen LogP contribution in [-0.4, -0.2) is 23.0 Å². The molecule has 0 bridgehead atoms. The molecule has 34 heavy (non-hydrogen) atoms. The largest absolute Gasteiger partial charge is 0.480 e. The molecule has 0 radical (unpaired) electrons. The van der Waals surface area contributed by atoms with Crippen LogP contribution in [0.4, 0.5) is 10.1 Å². The van der Waals surface area contributed by atoms with Crippen LogP contribution in [0.1, 0.15) is 52.5 Å². The number of rotatable bonds is 7. The molecule has 3 aromatic carbocycles. The van der Waals surface area contributed by atoms with Gasteiger partial charge in [-0.3, -0.25) is 9.59 Å². The first-order chi connectivity index (χ1) is 16.0. The second-order valence-corrected chi connectivity index (χ2v) is 9.00. The minimum Gasteiger partial charge on any atom is -0.480 e. The SMILES string of the molecule is Cc1cc(C(C)Nc2cccc(-c3cc(C)c(C(=O)NC(C)C(=O)O)c(C)c3)c2)c(F)cc1Cl. The fourth-order valence-electron chi connectivity index (χ4n) is 3.95. The van der Waals surface area contributed by atoms with E-state index in [0.717, 1.165) is 33.5 Å². The van der Waals surface area contributed by atoms with Crippen LogP contribution in [0, 0.1) is 26.6 Å². The normalized spacial score (nSPS) is 12.7. The summed E-state index contributed by atoms with van der Waals surface area (Å²) < 4.78 is 14.5. The molecule has 0 spiro atoms. The van der Waals surface area contributed by atoms with Crippen molar-refractivity contribution in [1.29, 1.82) is 0 Å². The fourth-order valence-corrected chi connectivity index (χ4v) is 4.10. The highest BCUT2D eigenvalue weighted by Crippen LogP contribution is 2.30. The van der Waals surface area contributed by atoms with Gasteiger partial charge in [-0.1, -0.05) is 35.9 Å². The van der Waals surface area contributed by atoms with Gasteiger partial charge in [0, 0.05) is 21.8 Å². The average molecular weight is 483 g/mol. The Morgan fingerprint density at radius 2 is 1.59 bits per heavy atom. The number of halogens is 2. The number of hydrogen-bond donors (Lipinski definition) is 3. The highest BCUT2D eigenvalue weighted by molar-refractivity contribution is 6.31. The van der Waals surface area contributed by atoms with E-state index in [4.69, 9.17) is 16.7 Å². The third-order valence-corrected chi connectivity index (χ3v) is 6.21. The van der Waals surface area contributed by atoms with E-state index in [1.54, 1.807) is 6.07 Å². The molecule has 0 saturated carbocycles. The Hall–Kier alpha value is -3.38. The second-order valence-electron chi connectivity index (χ2n) is 8.59. The van der Waals surface area contributed by atoms with Crippen molar-refractivity contribution in [3.8, 4) is 11.1 Å². The summed E-state index contributed by atoms with van der Waals surface area (Å²) in [4.78, 5) is 23.7. The maximum Gasteiger partial charge on any atom is 0.325 e. The lowest BCUT2D eigenvalue weighted by atomic mass is 9.94. The molecule has 0 saturated heterocycles. The standard InChI is InChI=1S/C27H28ClFN2O3/c1-14-11-22(24(29)13-23(14)28)17(4)30-21-8-6-7-19(12-21)20-9-15(2)25(16(3)10-20)26(32)31-18(5)27(33)34/h6-13,17-18,30H,1-5H3,(H,31,32)(H,33,34). The number of amides is 1. The predicted molar refractivity (Wildman–Crippen MR) is 134 cm³/mol. The van der Waals surface area contributed by atoms with Crippen molar-refractivity contribution in [2.45, 2.75) is 46.7 Å². The van der Waals surface area contributed by atoms with Gasteiger partial charge in [-0.05, 0) is 86.7 Å². The Labute approximate surface area is 204 Å². The predicted octanol–water partition coefficient (Wildman–Crippen LogP) is 6.45. The summed E-state index contributed by atoms with van der Waals surface area (Å²) in [7, 11) is 0. The molecule has 0 heterocycles. The van der Waals surface area contributed by atoms with E-state index < -0.39 is 17.9 Å². The van der Waals surface area contributed by atoms with Crippen LogP contribution in [0.25, 0.3) is 11.1 Å². The van der Waals surface area contributed by atoms with Gasteiger partial charge < -0.3 is 15.7 Å². The van der Waals surface area contributed by atoms with E-state index in [-0.39, 0.29) is 11.9 Å². The Balaban J connectivity index is 1.86. The molecule has 7 heteroatoms. The van der Waals surface area contributed by atoms with Gasteiger partial charge >= 0.3 is 5.97 Å².